The van der Waals surface area contributed by atoms with E-state index in [1.54, 1.807) is 0 Å². The first-order valence-corrected chi connectivity index (χ1v) is 6.84. The van der Waals surface area contributed by atoms with Crippen molar-refractivity contribution in [3.05, 3.63) is 32.7 Å². The molecule has 1 aliphatic heterocycles. The predicted molar refractivity (Wildman–Crippen MR) is 82.5 cm³/mol. The number of carbonyl (C=O) groups is 1. The normalized spacial score (nSPS) is 16.0. The third kappa shape index (κ3) is 3.14. The van der Waals surface area contributed by atoms with Crippen molar-refractivity contribution in [1.82, 2.24) is 5.32 Å². The van der Waals surface area contributed by atoms with Crippen molar-refractivity contribution < 1.29 is 19.2 Å². The highest BCUT2D eigenvalue weighted by Gasteiger charge is 2.25. The van der Waals surface area contributed by atoms with Gasteiger partial charge in [-0.25, -0.2) is 0 Å². The number of nitrogens with zero attached hydrogens (tertiary/aromatic N) is 1. The van der Waals surface area contributed by atoms with Gasteiger partial charge in [0, 0.05) is 0 Å². The Morgan fingerprint density at radius 3 is 2.43 bits per heavy atom. The summed E-state index contributed by atoms with van der Waals surface area (Å²) in [6.07, 6.45) is 1.40. The summed E-state index contributed by atoms with van der Waals surface area (Å²) in [5.41, 5.74) is 0.0476. The largest absolute Gasteiger partial charge is 0.493 e. The second-order valence-corrected chi connectivity index (χ2v) is 5.59. The maximum Gasteiger partial charge on any atom is 0.280 e. The Balaban J connectivity index is 2.56. The zero-order valence-corrected chi connectivity index (χ0v) is 12.7. The van der Waals surface area contributed by atoms with Crippen molar-refractivity contribution in [2.75, 3.05) is 14.2 Å². The van der Waals surface area contributed by atoms with Crippen molar-refractivity contribution in [3.8, 4) is 11.5 Å². The average molecular weight is 326 g/mol. The van der Waals surface area contributed by atoms with Crippen LogP contribution in [-0.2, 0) is 4.79 Å². The standard InChI is InChI=1S/C12H10N2O5S2/c1-18-8-3-6(4-10-11(15)13-12(20)21-10)7(14(16)17)5-9(8)19-2/h3-5H,1-2H3,(H,13,15,20)/b10-4+. The lowest BCUT2D eigenvalue weighted by molar-refractivity contribution is -0.385. The molecular formula is C12H10N2O5S2. The van der Waals surface area contributed by atoms with E-state index in [0.29, 0.717) is 10.1 Å². The number of thiocarbonyl (C=S) groups is 1. The van der Waals surface area contributed by atoms with Gasteiger partial charge in [0.25, 0.3) is 11.6 Å². The van der Waals surface area contributed by atoms with Gasteiger partial charge in [0.1, 0.15) is 4.32 Å². The molecule has 0 atom stereocenters. The first kappa shape index (κ1) is 15.3. The minimum absolute atomic E-state index is 0.189. The molecule has 0 unspecified atom stereocenters. The summed E-state index contributed by atoms with van der Waals surface area (Å²) in [6.45, 7) is 0. The Morgan fingerprint density at radius 2 is 1.95 bits per heavy atom. The summed E-state index contributed by atoms with van der Waals surface area (Å²) in [6, 6.07) is 2.69. The van der Waals surface area contributed by atoms with Gasteiger partial charge in [-0.1, -0.05) is 24.0 Å². The summed E-state index contributed by atoms with van der Waals surface area (Å²) >= 11 is 5.92. The summed E-state index contributed by atoms with van der Waals surface area (Å²) in [5.74, 6) is 0.195. The van der Waals surface area contributed by atoms with Gasteiger partial charge in [0.2, 0.25) is 0 Å². The van der Waals surface area contributed by atoms with E-state index in [-0.39, 0.29) is 27.8 Å². The van der Waals surface area contributed by atoms with Crippen LogP contribution in [0.5, 0.6) is 11.5 Å². The summed E-state index contributed by atoms with van der Waals surface area (Å²) in [4.78, 5) is 22.5. The first-order chi connectivity index (χ1) is 9.96. The van der Waals surface area contributed by atoms with Crippen LogP contribution < -0.4 is 14.8 Å². The monoisotopic (exact) mass is 326 g/mol. The van der Waals surface area contributed by atoms with Crippen molar-refractivity contribution >= 4 is 46.0 Å². The fraction of sp³-hybridized carbons (Fsp3) is 0.167. The van der Waals surface area contributed by atoms with Crippen molar-refractivity contribution in [2.45, 2.75) is 0 Å². The van der Waals surface area contributed by atoms with Crippen LogP contribution in [-0.4, -0.2) is 29.4 Å². The Kier molecular flexibility index (Phi) is 4.43. The van der Waals surface area contributed by atoms with Gasteiger partial charge in [-0.05, 0) is 12.1 Å². The fourth-order valence-corrected chi connectivity index (χ4v) is 2.76. The number of nitro groups is 1. The van der Waals surface area contributed by atoms with Gasteiger partial charge in [0.15, 0.2) is 11.5 Å². The number of hydrogen-bond donors (Lipinski definition) is 1. The molecule has 1 aromatic rings. The van der Waals surface area contributed by atoms with Gasteiger partial charge in [0.05, 0.1) is 35.7 Å². The molecule has 2 rings (SSSR count). The summed E-state index contributed by atoms with van der Waals surface area (Å²) in [7, 11) is 2.81. The topological polar surface area (TPSA) is 90.7 Å². The molecule has 1 fully saturated rings. The van der Waals surface area contributed by atoms with E-state index in [1.807, 2.05) is 0 Å². The maximum absolute atomic E-state index is 11.6. The highest BCUT2D eigenvalue weighted by atomic mass is 32.2. The zero-order chi connectivity index (χ0) is 15.6. The van der Waals surface area contributed by atoms with E-state index in [0.717, 1.165) is 11.8 Å². The molecular weight excluding hydrogens is 316 g/mol. The average Bonchev–Trinajstić information content (AvgIpc) is 2.76. The Morgan fingerprint density at radius 1 is 1.33 bits per heavy atom. The lowest BCUT2D eigenvalue weighted by Crippen LogP contribution is -2.17. The molecule has 0 bridgehead atoms. The third-order valence-corrected chi connectivity index (χ3v) is 3.82. The quantitative estimate of drug-likeness (QED) is 0.392. The van der Waals surface area contributed by atoms with E-state index in [1.165, 1.54) is 32.4 Å². The van der Waals surface area contributed by atoms with Crippen molar-refractivity contribution in [3.63, 3.8) is 0 Å². The molecule has 0 spiro atoms. The second kappa shape index (κ2) is 6.10. The molecule has 0 aromatic heterocycles. The van der Waals surface area contributed by atoms with Crippen LogP contribution in [0.2, 0.25) is 0 Å². The van der Waals surface area contributed by atoms with Gasteiger partial charge >= 0.3 is 0 Å². The van der Waals surface area contributed by atoms with Gasteiger partial charge in [-0.15, -0.1) is 0 Å². The van der Waals surface area contributed by atoms with Crippen molar-refractivity contribution in [1.29, 1.82) is 0 Å². The van der Waals surface area contributed by atoms with Crippen LogP contribution in [0.15, 0.2) is 17.0 Å². The van der Waals surface area contributed by atoms with Crippen LogP contribution in [0.3, 0.4) is 0 Å². The summed E-state index contributed by atoms with van der Waals surface area (Å²) in [5, 5.41) is 13.6. The maximum atomic E-state index is 11.6. The number of carbonyl (C=O) groups excluding carboxylic acids is 1. The van der Waals surface area contributed by atoms with E-state index < -0.39 is 4.92 Å². The zero-order valence-electron chi connectivity index (χ0n) is 11.0. The van der Waals surface area contributed by atoms with E-state index in [2.05, 4.69) is 5.32 Å². The van der Waals surface area contributed by atoms with E-state index in [9.17, 15) is 14.9 Å². The molecule has 1 amide bonds. The number of hydrogen-bond acceptors (Lipinski definition) is 7. The molecule has 1 N–H and O–H groups in total. The number of thioether (sulfide) groups is 1. The lowest BCUT2D eigenvalue weighted by atomic mass is 10.1. The number of nitrogens with one attached hydrogen (secondary N) is 1. The van der Waals surface area contributed by atoms with Gasteiger partial charge in [-0.3, -0.25) is 14.9 Å². The Bertz CT molecular complexity index is 672. The number of ether oxygens (including phenoxy) is 2. The molecule has 0 aliphatic carbocycles. The number of benzene rings is 1. The molecule has 9 heteroatoms. The number of amides is 1. The molecule has 0 saturated carbocycles. The fourth-order valence-electron chi connectivity index (χ4n) is 1.72. The Labute approximate surface area is 129 Å². The van der Waals surface area contributed by atoms with Crippen LogP contribution in [0.25, 0.3) is 6.08 Å². The Hall–Kier alpha value is -2.13. The van der Waals surface area contributed by atoms with Gasteiger partial charge in [-0.2, -0.15) is 0 Å². The van der Waals surface area contributed by atoms with Crippen LogP contribution in [0.4, 0.5) is 5.69 Å². The number of nitro benzene ring substituents is 1. The number of methoxy groups -OCH3 is 2. The van der Waals surface area contributed by atoms with Crippen LogP contribution >= 0.6 is 24.0 Å². The van der Waals surface area contributed by atoms with Gasteiger partial charge < -0.3 is 14.8 Å². The summed E-state index contributed by atoms with van der Waals surface area (Å²) < 4.78 is 10.5. The minimum Gasteiger partial charge on any atom is -0.493 e. The number of rotatable bonds is 4. The second-order valence-electron chi connectivity index (χ2n) is 3.88. The highest BCUT2D eigenvalue weighted by Crippen LogP contribution is 2.37. The van der Waals surface area contributed by atoms with Crippen molar-refractivity contribution in [2.24, 2.45) is 0 Å². The van der Waals surface area contributed by atoms with E-state index >= 15 is 0 Å². The molecule has 1 aliphatic rings. The first-order valence-electron chi connectivity index (χ1n) is 5.61. The minimum atomic E-state index is -0.551. The van der Waals surface area contributed by atoms with Crippen LogP contribution in [0, 0.1) is 10.1 Å². The molecule has 1 heterocycles. The molecule has 0 radical (unpaired) electrons. The smallest absolute Gasteiger partial charge is 0.280 e. The SMILES string of the molecule is COc1cc(/C=C2/SC(=S)NC2=O)c([N+](=O)[O-])cc1OC. The van der Waals surface area contributed by atoms with E-state index in [4.69, 9.17) is 21.7 Å². The van der Waals surface area contributed by atoms with Crippen LogP contribution in [0.1, 0.15) is 5.56 Å². The lowest BCUT2D eigenvalue weighted by Gasteiger charge is -2.08. The molecule has 7 nitrogen and oxygen atoms in total. The molecule has 1 aromatic carbocycles. The molecule has 110 valence electrons. The third-order valence-electron chi connectivity index (χ3n) is 2.66. The molecule has 1 saturated heterocycles. The molecule has 21 heavy (non-hydrogen) atoms. The predicted octanol–water partition coefficient (Wildman–Crippen LogP) is 2.10. The highest BCUT2D eigenvalue weighted by molar-refractivity contribution is 8.26.